The largest absolute Gasteiger partial charge is 0.382 e. The third kappa shape index (κ3) is 9.65. The fourth-order valence-electron chi connectivity index (χ4n) is 3.66. The van der Waals surface area contributed by atoms with Gasteiger partial charge in [0.15, 0.2) is 22.5 Å². The molecule has 0 unspecified atom stereocenters. The van der Waals surface area contributed by atoms with Crippen molar-refractivity contribution in [1.29, 1.82) is 0 Å². The Morgan fingerprint density at radius 2 is 1.62 bits per heavy atom. The zero-order valence-electron chi connectivity index (χ0n) is 20.6. The molecule has 0 atom stereocenters. The number of hydrogen-bond donors (Lipinski definition) is 3. The molecule has 0 saturated carbocycles. The van der Waals surface area contributed by atoms with Crippen LogP contribution in [0, 0.1) is 6.92 Å². The number of carbonyl (C=O) groups is 2. The van der Waals surface area contributed by atoms with E-state index in [1.54, 1.807) is 0 Å². The van der Waals surface area contributed by atoms with Gasteiger partial charge < -0.3 is 21.3 Å². The number of aromatic nitrogens is 2. The first kappa shape index (κ1) is 27.5. The molecule has 0 aliphatic heterocycles. The van der Waals surface area contributed by atoms with E-state index in [0.29, 0.717) is 25.2 Å². The van der Waals surface area contributed by atoms with E-state index in [4.69, 9.17) is 23.1 Å². The van der Waals surface area contributed by atoms with Gasteiger partial charge in [0.05, 0.1) is 33.7 Å². The molecule has 0 fully saturated rings. The van der Waals surface area contributed by atoms with Gasteiger partial charge in [0, 0.05) is 12.8 Å². The van der Waals surface area contributed by atoms with Crippen LogP contribution < -0.4 is 16.8 Å². The maximum Gasteiger partial charge on any atom is 0.273 e. The van der Waals surface area contributed by atoms with Crippen molar-refractivity contribution in [2.75, 3.05) is 45.2 Å². The van der Waals surface area contributed by atoms with Crippen LogP contribution >= 0.6 is 11.6 Å². The number of hydrogen-bond acceptors (Lipinski definition) is 6. The van der Waals surface area contributed by atoms with Crippen molar-refractivity contribution in [3.8, 4) is 0 Å². The number of benzene rings is 1. The van der Waals surface area contributed by atoms with E-state index in [0.717, 1.165) is 49.7 Å². The Morgan fingerprint density at radius 1 is 0.941 bits per heavy atom. The van der Waals surface area contributed by atoms with Crippen LogP contribution in [0.4, 0.5) is 11.6 Å². The minimum Gasteiger partial charge on any atom is -0.382 e. The van der Waals surface area contributed by atoms with E-state index in [2.05, 4.69) is 60.6 Å². The highest BCUT2D eigenvalue weighted by Gasteiger charge is 2.18. The van der Waals surface area contributed by atoms with Crippen LogP contribution in [-0.2, 0) is 11.2 Å². The van der Waals surface area contributed by atoms with E-state index in [-0.39, 0.29) is 22.5 Å². The molecular formula is C25H38ClN6O2+. The van der Waals surface area contributed by atoms with Gasteiger partial charge in [0.2, 0.25) is 0 Å². The van der Waals surface area contributed by atoms with Gasteiger partial charge in [-0.2, -0.15) is 0 Å². The van der Waals surface area contributed by atoms with Crippen molar-refractivity contribution >= 4 is 34.9 Å². The molecule has 2 rings (SSSR count). The van der Waals surface area contributed by atoms with Gasteiger partial charge in [-0.1, -0.05) is 47.9 Å². The average molecular weight is 490 g/mol. The fourth-order valence-corrected chi connectivity index (χ4v) is 3.78. The number of Topliss-reactive ketones (excluding diaryl/α,β-unsaturated/α-hetero) is 1. The second kappa shape index (κ2) is 13.2. The summed E-state index contributed by atoms with van der Waals surface area (Å²) in [7, 11) is 4.27. The number of halogens is 1. The minimum atomic E-state index is -0.418. The summed E-state index contributed by atoms with van der Waals surface area (Å²) in [6, 6.07) is 8.39. The molecule has 0 aliphatic rings. The number of ketones is 1. The van der Waals surface area contributed by atoms with Crippen molar-refractivity contribution < 1.29 is 14.1 Å². The zero-order valence-corrected chi connectivity index (χ0v) is 21.3. The Bertz CT molecular complexity index is 963. The number of nitrogen functional groups attached to an aromatic ring is 2. The van der Waals surface area contributed by atoms with Crippen molar-refractivity contribution in [3.05, 3.63) is 46.2 Å². The van der Waals surface area contributed by atoms with Crippen molar-refractivity contribution in [3.63, 3.8) is 0 Å². The average Bonchev–Trinajstić information content (AvgIpc) is 2.78. The number of nitrogens with zero attached hydrogens (tertiary/aromatic N) is 3. The van der Waals surface area contributed by atoms with Gasteiger partial charge in [0.25, 0.3) is 5.91 Å². The predicted octanol–water partition coefficient (Wildman–Crippen LogP) is 3.56. The lowest BCUT2D eigenvalue weighted by Crippen LogP contribution is -2.46. The Kier molecular flexibility index (Phi) is 10.7. The van der Waals surface area contributed by atoms with Crippen molar-refractivity contribution in [1.82, 2.24) is 15.3 Å². The summed E-state index contributed by atoms with van der Waals surface area (Å²) >= 11 is 5.84. The van der Waals surface area contributed by atoms with Crippen LogP contribution in [0.2, 0.25) is 5.15 Å². The molecule has 0 radical (unpaired) electrons. The van der Waals surface area contributed by atoms with Gasteiger partial charge in [-0.05, 0) is 38.2 Å². The molecular weight excluding hydrogens is 452 g/mol. The number of rotatable bonds is 14. The topological polar surface area (TPSA) is 124 Å². The van der Waals surface area contributed by atoms with Gasteiger partial charge in [-0.25, -0.2) is 9.97 Å². The van der Waals surface area contributed by atoms with Crippen LogP contribution in [0.3, 0.4) is 0 Å². The number of amides is 1. The number of likely N-dealkylation sites (N-methyl/N-ethyl adjacent to an activating group) is 1. The molecule has 9 heteroatoms. The molecule has 0 spiro atoms. The first-order valence-corrected chi connectivity index (χ1v) is 12.2. The molecule has 5 N–H and O–H groups in total. The van der Waals surface area contributed by atoms with Gasteiger partial charge >= 0.3 is 0 Å². The fraction of sp³-hybridized carbons (Fsp3) is 0.520. The molecule has 0 saturated heterocycles. The number of anilines is 2. The Labute approximate surface area is 207 Å². The summed E-state index contributed by atoms with van der Waals surface area (Å²) in [6.07, 6.45) is 6.28. The maximum absolute atomic E-state index is 12.3. The zero-order chi connectivity index (χ0) is 25.1. The molecule has 0 aliphatic carbocycles. The van der Waals surface area contributed by atoms with E-state index >= 15 is 0 Å². The highest BCUT2D eigenvalue weighted by Crippen LogP contribution is 2.17. The van der Waals surface area contributed by atoms with Gasteiger partial charge in [-0.15, -0.1) is 0 Å². The minimum absolute atomic E-state index is 0.000121. The summed E-state index contributed by atoms with van der Waals surface area (Å²) in [5, 5.41) is 2.78. The van der Waals surface area contributed by atoms with E-state index in [1.165, 1.54) is 11.1 Å². The Morgan fingerprint density at radius 3 is 2.32 bits per heavy atom. The highest BCUT2D eigenvalue weighted by molar-refractivity contribution is 6.31. The van der Waals surface area contributed by atoms with Crippen molar-refractivity contribution in [2.24, 2.45) is 0 Å². The van der Waals surface area contributed by atoms with Crippen LogP contribution in [0.5, 0.6) is 0 Å². The van der Waals surface area contributed by atoms with Gasteiger partial charge in [0.1, 0.15) is 5.78 Å². The molecule has 1 amide bonds. The highest BCUT2D eigenvalue weighted by atomic mass is 35.5. The normalized spacial score (nSPS) is 11.4. The van der Waals surface area contributed by atoms with E-state index in [9.17, 15) is 9.59 Å². The molecule has 34 heavy (non-hydrogen) atoms. The van der Waals surface area contributed by atoms with Crippen molar-refractivity contribution in [2.45, 2.75) is 51.9 Å². The van der Waals surface area contributed by atoms with E-state index < -0.39 is 5.91 Å². The lowest BCUT2D eigenvalue weighted by molar-refractivity contribution is -0.889. The monoisotopic (exact) mass is 489 g/mol. The Balaban J connectivity index is 1.57. The number of quaternary nitrogens is 1. The lowest BCUT2D eigenvalue weighted by atomic mass is 10.0. The first-order valence-electron chi connectivity index (χ1n) is 11.8. The van der Waals surface area contributed by atoms with E-state index in [1.807, 2.05) is 0 Å². The second-order valence-corrected chi connectivity index (χ2v) is 9.82. The predicted molar refractivity (Wildman–Crippen MR) is 138 cm³/mol. The molecule has 0 bridgehead atoms. The molecule has 1 aromatic heterocycles. The molecule has 1 aromatic carbocycles. The molecule has 8 nitrogen and oxygen atoms in total. The van der Waals surface area contributed by atoms with Crippen LogP contribution in [0.25, 0.3) is 0 Å². The number of aryl methyl sites for hydroxylation is 2. The quantitative estimate of drug-likeness (QED) is 0.275. The Hall–Kier alpha value is -2.71. The summed E-state index contributed by atoms with van der Waals surface area (Å²) in [5.74, 6) is -0.110. The second-order valence-electron chi connectivity index (χ2n) is 9.46. The summed E-state index contributed by atoms with van der Waals surface area (Å²) in [4.78, 5) is 32.2. The number of carbonyl (C=O) groups excluding carboxylic acids is 2. The van der Waals surface area contributed by atoms with Gasteiger partial charge in [-0.3, -0.25) is 9.59 Å². The SMILES string of the molecule is Cc1ccc(CCC(=O)CCCCCC[N+](C)(C)CCNC(=O)c2nc(Cl)c(N)nc2N)cc1. The van der Waals surface area contributed by atoms with Crippen LogP contribution in [-0.4, -0.2) is 59.9 Å². The number of unbranched alkanes of at least 4 members (excludes halogenated alkanes) is 3. The maximum atomic E-state index is 12.3. The molecule has 186 valence electrons. The first-order chi connectivity index (χ1) is 16.1. The third-order valence-corrected chi connectivity index (χ3v) is 6.18. The summed E-state index contributed by atoms with van der Waals surface area (Å²) in [6.45, 7) is 4.30. The standard InChI is InChI=1S/C25H37ClN6O2/c1-18-9-11-19(12-10-18)13-14-20(33)8-6-4-5-7-16-32(2,3)17-15-29-25(34)21-23(27)31-24(28)22(26)30-21/h9-12H,4-8,13-17H2,1-3H3,(H4-,27,28,29,31,34)/p+1. The molecule has 2 aromatic rings. The lowest BCUT2D eigenvalue weighted by Gasteiger charge is -2.30. The smallest absolute Gasteiger partial charge is 0.273 e. The third-order valence-electron chi connectivity index (χ3n) is 5.90. The van der Waals surface area contributed by atoms with Crippen LogP contribution in [0.1, 0.15) is 60.1 Å². The number of nitrogens with two attached hydrogens (primary N) is 2. The molecule has 1 heterocycles. The summed E-state index contributed by atoms with van der Waals surface area (Å²) in [5.41, 5.74) is 13.7. The summed E-state index contributed by atoms with van der Waals surface area (Å²) < 4.78 is 0.777. The van der Waals surface area contributed by atoms with Crippen LogP contribution in [0.15, 0.2) is 24.3 Å². The number of nitrogens with one attached hydrogen (secondary N) is 1.